The standard InChI is InChI=1S/C48H87NO7/c1-6-8-10-12-14-16-18-20-21-22-23-24-25-27-28-30-32-34-36-38-46(50)55-43-44(42-54-41-40-45(48(52)53)49(3,4)5)56-47(51)39-37-35-33-31-29-26-19-17-15-13-11-9-7-2/h9,11,15,17,26,29,44-45H,6-8,10,12-14,16,18-25,27-28,30-43H2,1-5H3/b11-9-,17-15-,29-26-. The third kappa shape index (κ3) is 37.1. The lowest BCUT2D eigenvalue weighted by Crippen LogP contribution is -2.55. The van der Waals surface area contributed by atoms with Crippen LogP contribution < -0.4 is 5.11 Å². The summed E-state index contributed by atoms with van der Waals surface area (Å²) in [5.74, 6) is -1.77. The number of unbranched alkanes of at least 4 members (excludes halogenated alkanes) is 21. The summed E-state index contributed by atoms with van der Waals surface area (Å²) in [6.45, 7) is 4.53. The molecule has 0 heterocycles. The van der Waals surface area contributed by atoms with E-state index in [-0.39, 0.29) is 49.1 Å². The number of ether oxygens (including phenoxy) is 3. The van der Waals surface area contributed by atoms with Gasteiger partial charge in [-0.05, 0) is 44.9 Å². The van der Waals surface area contributed by atoms with Crippen LogP contribution in [0.5, 0.6) is 0 Å². The number of carbonyl (C=O) groups excluding carboxylic acids is 3. The second kappa shape index (κ2) is 39.4. The van der Waals surface area contributed by atoms with Crippen LogP contribution in [-0.4, -0.2) is 75.5 Å². The molecule has 0 N–H and O–H groups in total. The lowest BCUT2D eigenvalue weighted by atomic mass is 10.0. The Bertz CT molecular complexity index is 1020. The third-order valence-electron chi connectivity index (χ3n) is 10.3. The van der Waals surface area contributed by atoms with Crippen molar-refractivity contribution in [2.24, 2.45) is 0 Å². The minimum Gasteiger partial charge on any atom is -0.544 e. The number of esters is 2. The summed E-state index contributed by atoms with van der Waals surface area (Å²) in [6, 6.07) is -0.729. The molecule has 8 nitrogen and oxygen atoms in total. The highest BCUT2D eigenvalue weighted by atomic mass is 16.6. The predicted molar refractivity (Wildman–Crippen MR) is 231 cm³/mol. The van der Waals surface area contributed by atoms with E-state index in [9.17, 15) is 19.5 Å². The number of rotatable bonds is 41. The number of carbonyl (C=O) groups is 3. The molecule has 0 bridgehead atoms. The number of aliphatic carboxylic acids is 1. The Morgan fingerprint density at radius 3 is 1.48 bits per heavy atom. The molecular weight excluding hydrogens is 703 g/mol. The van der Waals surface area contributed by atoms with Crippen LogP contribution in [-0.2, 0) is 28.6 Å². The molecule has 0 amide bonds. The molecule has 0 rings (SSSR count). The van der Waals surface area contributed by atoms with Crippen molar-refractivity contribution < 1.29 is 38.2 Å². The number of carboxylic acids is 1. The molecule has 56 heavy (non-hydrogen) atoms. The minimum atomic E-state index is -1.13. The maximum Gasteiger partial charge on any atom is 0.306 e. The maximum absolute atomic E-state index is 12.7. The Kier molecular flexibility index (Phi) is 37.7. The molecule has 0 saturated carbocycles. The molecule has 0 aliphatic heterocycles. The highest BCUT2D eigenvalue weighted by Crippen LogP contribution is 2.16. The van der Waals surface area contributed by atoms with E-state index in [1.54, 1.807) is 21.1 Å². The first-order valence-electron chi connectivity index (χ1n) is 23.0. The fraction of sp³-hybridized carbons (Fsp3) is 0.812. The summed E-state index contributed by atoms with van der Waals surface area (Å²) >= 11 is 0. The number of hydrogen-bond donors (Lipinski definition) is 0. The monoisotopic (exact) mass is 790 g/mol. The van der Waals surface area contributed by atoms with Crippen molar-refractivity contribution in [3.05, 3.63) is 36.5 Å². The van der Waals surface area contributed by atoms with Gasteiger partial charge in [-0.25, -0.2) is 0 Å². The normalized spacial score (nSPS) is 13.2. The van der Waals surface area contributed by atoms with Crippen molar-refractivity contribution in [2.45, 2.75) is 212 Å². The van der Waals surface area contributed by atoms with E-state index in [2.05, 4.69) is 50.3 Å². The molecule has 0 saturated heterocycles. The van der Waals surface area contributed by atoms with Crippen LogP contribution in [0, 0.1) is 0 Å². The zero-order valence-corrected chi connectivity index (χ0v) is 37.1. The number of likely N-dealkylation sites (N-methyl/N-ethyl adjacent to an activating group) is 1. The van der Waals surface area contributed by atoms with Crippen LogP contribution in [0.3, 0.4) is 0 Å². The van der Waals surface area contributed by atoms with Crippen LogP contribution >= 0.6 is 0 Å². The third-order valence-corrected chi connectivity index (χ3v) is 10.3. The highest BCUT2D eigenvalue weighted by molar-refractivity contribution is 5.70. The molecule has 0 fully saturated rings. The van der Waals surface area contributed by atoms with Gasteiger partial charge in [0, 0.05) is 19.3 Å². The van der Waals surface area contributed by atoms with Crippen molar-refractivity contribution in [1.29, 1.82) is 0 Å². The van der Waals surface area contributed by atoms with Gasteiger partial charge in [-0.1, -0.05) is 172 Å². The van der Waals surface area contributed by atoms with E-state index < -0.39 is 18.1 Å². The summed E-state index contributed by atoms with van der Waals surface area (Å²) in [5, 5.41) is 11.6. The first-order chi connectivity index (χ1) is 27.1. The van der Waals surface area contributed by atoms with Gasteiger partial charge in [0.05, 0.1) is 40.3 Å². The summed E-state index contributed by atoms with van der Waals surface area (Å²) in [4.78, 5) is 36.8. The first-order valence-corrected chi connectivity index (χ1v) is 23.0. The SMILES string of the molecule is CC/C=C\C/C=C\C/C=C\CCCCCC(=O)OC(COCCC(C(=O)[O-])[N+](C)(C)C)COC(=O)CCCCCCCCCCCCCCCCCCCCC. The second-order valence-corrected chi connectivity index (χ2v) is 16.6. The number of carboxylic acid groups (broad SMARTS) is 1. The number of hydrogen-bond acceptors (Lipinski definition) is 7. The van der Waals surface area contributed by atoms with Crippen LogP contribution in [0.1, 0.15) is 200 Å². The number of quaternary nitrogens is 1. The van der Waals surface area contributed by atoms with Gasteiger partial charge < -0.3 is 28.6 Å². The van der Waals surface area contributed by atoms with Crippen LogP contribution in [0.25, 0.3) is 0 Å². The molecule has 0 aromatic heterocycles. The fourth-order valence-electron chi connectivity index (χ4n) is 6.73. The van der Waals surface area contributed by atoms with Crippen molar-refractivity contribution in [3.8, 4) is 0 Å². The van der Waals surface area contributed by atoms with E-state index in [1.807, 2.05) is 0 Å². The smallest absolute Gasteiger partial charge is 0.306 e. The summed E-state index contributed by atoms with van der Waals surface area (Å²) < 4.78 is 17.1. The molecule has 8 heteroatoms. The summed E-state index contributed by atoms with van der Waals surface area (Å²) in [7, 11) is 5.40. The molecule has 2 atom stereocenters. The average molecular weight is 790 g/mol. The zero-order valence-electron chi connectivity index (χ0n) is 37.1. The van der Waals surface area contributed by atoms with E-state index in [0.717, 1.165) is 64.2 Å². The molecule has 326 valence electrons. The van der Waals surface area contributed by atoms with E-state index in [4.69, 9.17) is 14.2 Å². The van der Waals surface area contributed by atoms with Crippen LogP contribution in [0.4, 0.5) is 0 Å². The summed E-state index contributed by atoms with van der Waals surface area (Å²) in [5.41, 5.74) is 0. The molecule has 0 radical (unpaired) electrons. The number of allylic oxidation sites excluding steroid dienone is 6. The van der Waals surface area contributed by atoms with Gasteiger partial charge in [0.25, 0.3) is 0 Å². The molecule has 0 aliphatic rings. The van der Waals surface area contributed by atoms with E-state index in [1.165, 1.54) is 103 Å². The Balaban J connectivity index is 4.28. The zero-order chi connectivity index (χ0) is 41.4. The fourth-order valence-corrected chi connectivity index (χ4v) is 6.73. The molecule has 0 aromatic rings. The van der Waals surface area contributed by atoms with Crippen LogP contribution in [0.2, 0.25) is 0 Å². The van der Waals surface area contributed by atoms with Gasteiger partial charge in [-0.2, -0.15) is 0 Å². The first kappa shape index (κ1) is 53.6. The maximum atomic E-state index is 12.7. The minimum absolute atomic E-state index is 0.0311. The molecule has 2 unspecified atom stereocenters. The Labute approximate surface area is 344 Å². The van der Waals surface area contributed by atoms with Gasteiger partial charge >= 0.3 is 11.9 Å². The highest BCUT2D eigenvalue weighted by Gasteiger charge is 2.25. The van der Waals surface area contributed by atoms with Crippen LogP contribution in [0.15, 0.2) is 36.5 Å². The quantitative estimate of drug-likeness (QED) is 0.0263. The lowest BCUT2D eigenvalue weighted by molar-refractivity contribution is -0.889. The van der Waals surface area contributed by atoms with Gasteiger partial charge in [0.15, 0.2) is 6.10 Å². The molecular formula is C48H87NO7. The Morgan fingerprint density at radius 2 is 1.00 bits per heavy atom. The Hall–Kier alpha value is -2.45. The van der Waals surface area contributed by atoms with Crippen molar-refractivity contribution in [2.75, 3.05) is 41.0 Å². The van der Waals surface area contributed by atoms with Gasteiger partial charge in [0.2, 0.25) is 0 Å². The Morgan fingerprint density at radius 1 is 0.554 bits per heavy atom. The van der Waals surface area contributed by atoms with E-state index >= 15 is 0 Å². The van der Waals surface area contributed by atoms with Gasteiger partial charge in [-0.15, -0.1) is 0 Å². The van der Waals surface area contributed by atoms with E-state index in [0.29, 0.717) is 6.42 Å². The van der Waals surface area contributed by atoms with Crippen molar-refractivity contribution in [1.82, 2.24) is 0 Å². The van der Waals surface area contributed by atoms with Gasteiger partial charge in [-0.3, -0.25) is 9.59 Å². The molecule has 0 aliphatic carbocycles. The lowest BCUT2D eigenvalue weighted by Gasteiger charge is -2.34. The molecule has 0 spiro atoms. The molecule has 0 aromatic carbocycles. The van der Waals surface area contributed by atoms with Gasteiger partial charge in [0.1, 0.15) is 12.6 Å². The second-order valence-electron chi connectivity index (χ2n) is 16.6. The van der Waals surface area contributed by atoms with Crippen molar-refractivity contribution >= 4 is 17.9 Å². The topological polar surface area (TPSA) is 102 Å². The number of nitrogens with zero attached hydrogens (tertiary/aromatic N) is 1. The average Bonchev–Trinajstić information content (AvgIpc) is 3.15. The van der Waals surface area contributed by atoms with Crippen molar-refractivity contribution in [3.63, 3.8) is 0 Å². The predicted octanol–water partition coefficient (Wildman–Crippen LogP) is 11.3. The largest absolute Gasteiger partial charge is 0.544 e. The summed E-state index contributed by atoms with van der Waals surface area (Å²) in [6.07, 6.45) is 44.6.